The van der Waals surface area contributed by atoms with Crippen molar-refractivity contribution in [1.82, 2.24) is 0 Å². The van der Waals surface area contributed by atoms with E-state index in [1.54, 1.807) is 18.2 Å². The fourth-order valence-corrected chi connectivity index (χ4v) is 5.85. The smallest absolute Gasteiger partial charge is 0.338 e. The lowest BCUT2D eigenvalue weighted by Gasteiger charge is -2.36. The zero-order chi connectivity index (χ0) is 27.5. The summed E-state index contributed by atoms with van der Waals surface area (Å²) in [4.78, 5) is 41.8. The van der Waals surface area contributed by atoms with Gasteiger partial charge in [-0.2, -0.15) is 0 Å². The molecule has 0 amide bonds. The molecule has 0 aliphatic heterocycles. The van der Waals surface area contributed by atoms with Crippen molar-refractivity contribution in [2.24, 2.45) is 17.8 Å². The van der Waals surface area contributed by atoms with Gasteiger partial charge in [0.15, 0.2) is 11.6 Å². The molecule has 1 fully saturated rings. The van der Waals surface area contributed by atoms with E-state index in [1.807, 2.05) is 60.7 Å². The van der Waals surface area contributed by atoms with Gasteiger partial charge in [0.05, 0.1) is 11.1 Å². The molecule has 2 aliphatic carbocycles. The maximum absolute atomic E-state index is 13.4. The molecule has 3 aromatic carbocycles. The van der Waals surface area contributed by atoms with Crippen LogP contribution in [0, 0.1) is 17.8 Å². The molecule has 0 radical (unpaired) electrons. The quantitative estimate of drug-likeness (QED) is 0.184. The number of esters is 1. The SMILES string of the molecule is CC1CCC(C(C)C)C(OC(=O)c2ccc3c(c2)C(=O)/C(=C\CN(c2ccccc2)c2ccccc2)C3=O)C1. The van der Waals surface area contributed by atoms with Gasteiger partial charge < -0.3 is 9.64 Å². The summed E-state index contributed by atoms with van der Waals surface area (Å²) in [6.07, 6.45) is 4.60. The molecule has 200 valence electrons. The molecule has 5 rings (SSSR count). The van der Waals surface area contributed by atoms with Crippen molar-refractivity contribution < 1.29 is 19.1 Å². The summed E-state index contributed by atoms with van der Waals surface area (Å²) in [5.41, 5.74) is 2.96. The van der Waals surface area contributed by atoms with Crippen molar-refractivity contribution in [3.05, 3.63) is 107 Å². The van der Waals surface area contributed by atoms with Gasteiger partial charge in [-0.1, -0.05) is 63.6 Å². The first-order chi connectivity index (χ1) is 18.8. The fraction of sp³-hybridized carbons (Fsp3) is 0.324. The Hall–Kier alpha value is -3.99. The number of fused-ring (bicyclic) bond motifs is 1. The summed E-state index contributed by atoms with van der Waals surface area (Å²) in [6.45, 7) is 6.89. The van der Waals surface area contributed by atoms with Gasteiger partial charge in [0, 0.05) is 29.0 Å². The highest BCUT2D eigenvalue weighted by molar-refractivity contribution is 6.39. The standard InChI is InChI=1S/C34H35NO4/c1-22(2)27-16-14-23(3)20-31(27)39-34(38)24-15-17-28-30(21-24)33(37)29(32(28)36)18-19-35(25-10-6-4-7-11-25)26-12-8-5-9-13-26/h4-13,15,17-18,21-23,27,31H,14,16,19-20H2,1-3H3/b29-18-. The van der Waals surface area contributed by atoms with Crippen LogP contribution >= 0.6 is 0 Å². The second kappa shape index (κ2) is 11.4. The summed E-state index contributed by atoms with van der Waals surface area (Å²) in [6, 6.07) is 24.4. The Labute approximate surface area is 230 Å². The zero-order valence-electron chi connectivity index (χ0n) is 22.8. The maximum Gasteiger partial charge on any atom is 0.338 e. The van der Waals surface area contributed by atoms with Gasteiger partial charge in [0.2, 0.25) is 0 Å². The number of rotatable bonds is 7. The molecule has 0 N–H and O–H groups in total. The van der Waals surface area contributed by atoms with Crippen LogP contribution in [0.4, 0.5) is 11.4 Å². The van der Waals surface area contributed by atoms with Crippen LogP contribution in [0.5, 0.6) is 0 Å². The molecule has 5 nitrogen and oxygen atoms in total. The molecule has 2 aliphatic rings. The number of Topliss-reactive ketones (excluding diaryl/α,β-unsaturated/α-hetero) is 2. The normalized spacial score (nSPS) is 21.7. The van der Waals surface area contributed by atoms with Gasteiger partial charge >= 0.3 is 5.97 Å². The molecule has 0 bridgehead atoms. The van der Waals surface area contributed by atoms with E-state index in [2.05, 4.69) is 25.7 Å². The van der Waals surface area contributed by atoms with E-state index < -0.39 is 5.97 Å². The molecule has 0 aromatic heterocycles. The predicted octanol–water partition coefficient (Wildman–Crippen LogP) is 7.45. The Morgan fingerprint density at radius 3 is 2.13 bits per heavy atom. The number of nitrogens with zero attached hydrogens (tertiary/aromatic N) is 1. The predicted molar refractivity (Wildman–Crippen MR) is 154 cm³/mol. The monoisotopic (exact) mass is 521 g/mol. The zero-order valence-corrected chi connectivity index (χ0v) is 22.8. The highest BCUT2D eigenvalue weighted by Crippen LogP contribution is 2.36. The van der Waals surface area contributed by atoms with Crippen molar-refractivity contribution in [3.8, 4) is 0 Å². The summed E-state index contributed by atoms with van der Waals surface area (Å²) < 4.78 is 5.99. The van der Waals surface area contributed by atoms with E-state index in [4.69, 9.17) is 4.74 Å². The number of ketones is 2. The molecule has 0 spiro atoms. The van der Waals surface area contributed by atoms with Crippen LogP contribution in [0.1, 0.15) is 71.1 Å². The van der Waals surface area contributed by atoms with Gasteiger partial charge in [0.1, 0.15) is 6.10 Å². The highest BCUT2D eigenvalue weighted by Gasteiger charge is 2.36. The highest BCUT2D eigenvalue weighted by atomic mass is 16.5. The number of benzene rings is 3. The van der Waals surface area contributed by atoms with Crippen molar-refractivity contribution in [2.75, 3.05) is 11.4 Å². The molecule has 39 heavy (non-hydrogen) atoms. The Bertz CT molecular complexity index is 1350. The summed E-state index contributed by atoms with van der Waals surface area (Å²) in [5, 5.41) is 0. The van der Waals surface area contributed by atoms with E-state index in [0.29, 0.717) is 35.4 Å². The summed E-state index contributed by atoms with van der Waals surface area (Å²) in [5.74, 6) is 0.174. The Kier molecular flexibility index (Phi) is 7.78. The molecule has 0 saturated heterocycles. The van der Waals surface area contributed by atoms with Gasteiger partial charge in [0.25, 0.3) is 0 Å². The Morgan fingerprint density at radius 2 is 1.51 bits per heavy atom. The first-order valence-electron chi connectivity index (χ1n) is 13.9. The third-order valence-corrected chi connectivity index (χ3v) is 8.07. The molecule has 5 heteroatoms. The third kappa shape index (κ3) is 5.58. The molecule has 3 aromatic rings. The average Bonchev–Trinajstić information content (AvgIpc) is 3.18. The number of para-hydroxylation sites is 2. The summed E-state index contributed by atoms with van der Waals surface area (Å²) in [7, 11) is 0. The summed E-state index contributed by atoms with van der Waals surface area (Å²) >= 11 is 0. The van der Waals surface area contributed by atoms with Crippen LogP contribution in [0.2, 0.25) is 0 Å². The van der Waals surface area contributed by atoms with Gasteiger partial charge in [-0.3, -0.25) is 9.59 Å². The van der Waals surface area contributed by atoms with Crippen molar-refractivity contribution >= 4 is 28.9 Å². The number of carbonyl (C=O) groups is 3. The van der Waals surface area contributed by atoms with E-state index in [1.165, 1.54) is 6.07 Å². The number of ether oxygens (including phenoxy) is 1. The number of hydrogen-bond acceptors (Lipinski definition) is 5. The van der Waals surface area contributed by atoms with Crippen LogP contribution < -0.4 is 4.90 Å². The number of hydrogen-bond donors (Lipinski definition) is 0. The lowest BCUT2D eigenvalue weighted by molar-refractivity contribution is -0.0174. The second-order valence-electron chi connectivity index (χ2n) is 11.1. The van der Waals surface area contributed by atoms with Crippen LogP contribution in [-0.2, 0) is 4.74 Å². The molecule has 3 atom stereocenters. The molecular weight excluding hydrogens is 486 g/mol. The fourth-order valence-electron chi connectivity index (χ4n) is 5.85. The maximum atomic E-state index is 13.4. The van der Waals surface area contributed by atoms with E-state index in [0.717, 1.165) is 30.6 Å². The van der Waals surface area contributed by atoms with Crippen LogP contribution in [0.15, 0.2) is 90.5 Å². The lowest BCUT2D eigenvalue weighted by atomic mass is 9.75. The van der Waals surface area contributed by atoms with Gasteiger partial charge in [-0.05, 0) is 79.1 Å². The topological polar surface area (TPSA) is 63.7 Å². The Balaban J connectivity index is 1.37. The van der Waals surface area contributed by atoms with Gasteiger partial charge in [-0.25, -0.2) is 4.79 Å². The van der Waals surface area contributed by atoms with Crippen LogP contribution in [-0.4, -0.2) is 30.2 Å². The van der Waals surface area contributed by atoms with Gasteiger partial charge in [-0.15, -0.1) is 0 Å². The van der Waals surface area contributed by atoms with Crippen molar-refractivity contribution in [2.45, 2.75) is 46.1 Å². The van der Waals surface area contributed by atoms with E-state index >= 15 is 0 Å². The third-order valence-electron chi connectivity index (χ3n) is 8.07. The number of allylic oxidation sites excluding steroid dienone is 1. The lowest BCUT2D eigenvalue weighted by Crippen LogP contribution is -2.35. The largest absolute Gasteiger partial charge is 0.458 e. The molecule has 0 heterocycles. The minimum absolute atomic E-state index is 0.133. The average molecular weight is 522 g/mol. The first kappa shape index (κ1) is 26.6. The number of anilines is 2. The van der Waals surface area contributed by atoms with Crippen molar-refractivity contribution in [1.29, 1.82) is 0 Å². The molecule has 3 unspecified atom stereocenters. The van der Waals surface area contributed by atoms with E-state index in [-0.39, 0.29) is 28.8 Å². The van der Waals surface area contributed by atoms with Crippen molar-refractivity contribution in [3.63, 3.8) is 0 Å². The first-order valence-corrected chi connectivity index (χ1v) is 13.9. The van der Waals surface area contributed by atoms with Crippen LogP contribution in [0.25, 0.3) is 0 Å². The molecule has 1 saturated carbocycles. The van der Waals surface area contributed by atoms with E-state index in [9.17, 15) is 14.4 Å². The minimum atomic E-state index is -0.431. The number of carbonyl (C=O) groups excluding carboxylic acids is 3. The Morgan fingerprint density at radius 1 is 0.897 bits per heavy atom. The van der Waals surface area contributed by atoms with Crippen LogP contribution in [0.3, 0.4) is 0 Å². The minimum Gasteiger partial charge on any atom is -0.458 e. The molecular formula is C34H35NO4. The second-order valence-corrected chi connectivity index (χ2v) is 11.1.